The molecule has 100 valence electrons. The second kappa shape index (κ2) is 6.88. The molecule has 0 heterocycles. The Kier molecular flexibility index (Phi) is 5.79. The maximum atomic E-state index is 12.9. The molecule has 0 aliphatic heterocycles. The van der Waals surface area contributed by atoms with E-state index in [4.69, 9.17) is 0 Å². The zero-order valence-corrected chi connectivity index (χ0v) is 12.6. The molecular weight excluding hydrogens is 297 g/mol. The molecule has 18 heavy (non-hydrogen) atoms. The van der Waals surface area contributed by atoms with Crippen LogP contribution >= 0.6 is 15.9 Å². The quantitative estimate of drug-likeness (QED) is 0.869. The van der Waals surface area contributed by atoms with Gasteiger partial charge in [-0.1, -0.05) is 26.7 Å². The second-order valence-electron chi connectivity index (χ2n) is 4.46. The first kappa shape index (κ1) is 15.2. The first-order valence-electron chi connectivity index (χ1n) is 6.25. The Balaban J connectivity index is 2.76. The zero-order valence-electron chi connectivity index (χ0n) is 11.0. The molecular formula is C14H19BrFNO. The third-order valence-corrected chi connectivity index (χ3v) is 3.95. The van der Waals surface area contributed by atoms with Gasteiger partial charge in [-0.15, -0.1) is 0 Å². The Hall–Kier alpha value is -0.900. The van der Waals surface area contributed by atoms with E-state index in [2.05, 4.69) is 35.1 Å². The third kappa shape index (κ3) is 3.80. The molecule has 0 saturated heterocycles. The van der Waals surface area contributed by atoms with E-state index in [1.54, 1.807) is 0 Å². The normalized spacial score (nSPS) is 12.6. The minimum atomic E-state index is -0.355. The SMILES string of the molecule is CCC(CC)C(C)NC(=O)c1ccc(F)cc1Br. The van der Waals surface area contributed by atoms with E-state index in [1.807, 2.05) is 6.92 Å². The molecule has 0 spiro atoms. The standard InChI is InChI=1S/C14H19BrFNO/c1-4-10(5-2)9(3)17-14(18)12-7-6-11(16)8-13(12)15/h6-10H,4-5H2,1-3H3,(H,17,18). The molecule has 0 aliphatic carbocycles. The van der Waals surface area contributed by atoms with Gasteiger partial charge in [0.05, 0.1) is 5.56 Å². The summed E-state index contributed by atoms with van der Waals surface area (Å²) >= 11 is 3.21. The van der Waals surface area contributed by atoms with E-state index >= 15 is 0 Å². The predicted molar refractivity (Wildman–Crippen MR) is 75.1 cm³/mol. The molecule has 0 aromatic heterocycles. The fraction of sp³-hybridized carbons (Fsp3) is 0.500. The van der Waals surface area contributed by atoms with Crippen molar-refractivity contribution in [2.45, 2.75) is 39.7 Å². The lowest BCUT2D eigenvalue weighted by Gasteiger charge is -2.22. The van der Waals surface area contributed by atoms with Gasteiger partial charge >= 0.3 is 0 Å². The number of carbonyl (C=O) groups excluding carboxylic acids is 1. The summed E-state index contributed by atoms with van der Waals surface area (Å²) in [6.45, 7) is 6.24. The maximum Gasteiger partial charge on any atom is 0.252 e. The highest BCUT2D eigenvalue weighted by atomic mass is 79.9. The lowest BCUT2D eigenvalue weighted by atomic mass is 9.95. The Morgan fingerprint density at radius 3 is 2.50 bits per heavy atom. The smallest absolute Gasteiger partial charge is 0.252 e. The van der Waals surface area contributed by atoms with Crippen LogP contribution in [0.15, 0.2) is 22.7 Å². The van der Waals surface area contributed by atoms with Gasteiger partial charge in [-0.05, 0) is 47.0 Å². The van der Waals surface area contributed by atoms with Crippen LogP contribution in [0.2, 0.25) is 0 Å². The number of carbonyl (C=O) groups is 1. The Morgan fingerprint density at radius 1 is 1.39 bits per heavy atom. The van der Waals surface area contributed by atoms with Crippen LogP contribution in [-0.4, -0.2) is 11.9 Å². The van der Waals surface area contributed by atoms with E-state index in [9.17, 15) is 9.18 Å². The van der Waals surface area contributed by atoms with E-state index < -0.39 is 0 Å². The first-order valence-corrected chi connectivity index (χ1v) is 7.04. The second-order valence-corrected chi connectivity index (χ2v) is 5.32. The number of hydrogen-bond donors (Lipinski definition) is 1. The molecule has 1 unspecified atom stereocenters. The highest BCUT2D eigenvalue weighted by molar-refractivity contribution is 9.10. The van der Waals surface area contributed by atoms with Crippen molar-refractivity contribution in [2.24, 2.45) is 5.92 Å². The molecule has 0 aliphatic rings. The van der Waals surface area contributed by atoms with Crippen LogP contribution in [0.25, 0.3) is 0 Å². The van der Waals surface area contributed by atoms with E-state index in [0.717, 1.165) is 12.8 Å². The van der Waals surface area contributed by atoms with Gasteiger partial charge in [0.25, 0.3) is 5.91 Å². The van der Waals surface area contributed by atoms with E-state index in [-0.39, 0.29) is 17.8 Å². The molecule has 0 bridgehead atoms. The zero-order chi connectivity index (χ0) is 13.7. The molecule has 0 fully saturated rings. The number of nitrogens with one attached hydrogen (secondary N) is 1. The van der Waals surface area contributed by atoms with Crippen molar-refractivity contribution >= 4 is 21.8 Å². The number of rotatable bonds is 5. The molecule has 1 aromatic carbocycles. The average molecular weight is 316 g/mol. The van der Waals surface area contributed by atoms with Crippen molar-refractivity contribution in [1.29, 1.82) is 0 Å². The summed E-state index contributed by atoms with van der Waals surface area (Å²) in [5, 5.41) is 2.97. The molecule has 4 heteroatoms. The third-order valence-electron chi connectivity index (χ3n) is 3.29. The molecule has 0 radical (unpaired) electrons. The van der Waals surface area contributed by atoms with Gasteiger partial charge in [-0.2, -0.15) is 0 Å². The van der Waals surface area contributed by atoms with Crippen molar-refractivity contribution in [3.8, 4) is 0 Å². The lowest BCUT2D eigenvalue weighted by molar-refractivity contribution is 0.0924. The average Bonchev–Trinajstić information content (AvgIpc) is 2.30. The summed E-state index contributed by atoms with van der Waals surface area (Å²) < 4.78 is 13.4. The molecule has 1 N–H and O–H groups in total. The maximum absolute atomic E-state index is 12.9. The monoisotopic (exact) mass is 315 g/mol. The summed E-state index contributed by atoms with van der Waals surface area (Å²) in [4.78, 5) is 12.1. The van der Waals surface area contributed by atoms with Gasteiger partial charge in [0.2, 0.25) is 0 Å². The first-order chi connectivity index (χ1) is 8.49. The topological polar surface area (TPSA) is 29.1 Å². The lowest BCUT2D eigenvalue weighted by Crippen LogP contribution is -2.37. The molecule has 1 amide bonds. The summed E-state index contributed by atoms with van der Waals surface area (Å²) in [6, 6.07) is 4.21. The molecule has 2 nitrogen and oxygen atoms in total. The Bertz CT molecular complexity index is 418. The van der Waals surface area contributed by atoms with Crippen LogP contribution in [0.4, 0.5) is 4.39 Å². The number of hydrogen-bond acceptors (Lipinski definition) is 1. The summed E-state index contributed by atoms with van der Waals surface area (Å²) in [5.74, 6) is -0.0547. The van der Waals surface area contributed by atoms with E-state index in [1.165, 1.54) is 18.2 Å². The number of amides is 1. The van der Waals surface area contributed by atoms with Gasteiger partial charge in [0, 0.05) is 10.5 Å². The summed E-state index contributed by atoms with van der Waals surface area (Å²) in [5.41, 5.74) is 0.467. The van der Waals surface area contributed by atoms with Gasteiger partial charge in [0.15, 0.2) is 0 Å². The largest absolute Gasteiger partial charge is 0.349 e. The summed E-state index contributed by atoms with van der Waals surface area (Å²) in [7, 11) is 0. The minimum Gasteiger partial charge on any atom is -0.349 e. The number of halogens is 2. The van der Waals surface area contributed by atoms with Crippen LogP contribution in [-0.2, 0) is 0 Å². The molecule has 1 atom stereocenters. The van der Waals surface area contributed by atoms with Crippen molar-refractivity contribution in [1.82, 2.24) is 5.32 Å². The van der Waals surface area contributed by atoms with Gasteiger partial charge in [0.1, 0.15) is 5.82 Å². The van der Waals surface area contributed by atoms with Crippen LogP contribution in [0.3, 0.4) is 0 Å². The highest BCUT2D eigenvalue weighted by Gasteiger charge is 2.18. The van der Waals surface area contributed by atoms with Crippen molar-refractivity contribution in [2.75, 3.05) is 0 Å². The molecule has 1 aromatic rings. The number of benzene rings is 1. The van der Waals surface area contributed by atoms with Crippen LogP contribution in [0.1, 0.15) is 44.0 Å². The predicted octanol–water partition coefficient (Wildman–Crippen LogP) is 4.14. The van der Waals surface area contributed by atoms with Gasteiger partial charge in [-0.25, -0.2) is 4.39 Å². The van der Waals surface area contributed by atoms with Crippen LogP contribution in [0.5, 0.6) is 0 Å². The fourth-order valence-electron chi connectivity index (χ4n) is 2.07. The van der Waals surface area contributed by atoms with Crippen molar-refractivity contribution < 1.29 is 9.18 Å². The van der Waals surface area contributed by atoms with Crippen LogP contribution < -0.4 is 5.32 Å². The summed E-state index contributed by atoms with van der Waals surface area (Å²) in [6.07, 6.45) is 2.06. The Labute approximate surface area is 116 Å². The molecule has 0 saturated carbocycles. The van der Waals surface area contributed by atoms with Crippen molar-refractivity contribution in [3.63, 3.8) is 0 Å². The minimum absolute atomic E-state index is 0.115. The van der Waals surface area contributed by atoms with E-state index in [0.29, 0.717) is 16.0 Å². The van der Waals surface area contributed by atoms with Crippen molar-refractivity contribution in [3.05, 3.63) is 34.1 Å². The highest BCUT2D eigenvalue weighted by Crippen LogP contribution is 2.19. The fourth-order valence-corrected chi connectivity index (χ4v) is 2.60. The van der Waals surface area contributed by atoms with Gasteiger partial charge < -0.3 is 5.32 Å². The van der Waals surface area contributed by atoms with Gasteiger partial charge in [-0.3, -0.25) is 4.79 Å². The van der Waals surface area contributed by atoms with Crippen LogP contribution in [0, 0.1) is 11.7 Å². The molecule has 1 rings (SSSR count). The Morgan fingerprint density at radius 2 is 2.00 bits per heavy atom.